The van der Waals surface area contributed by atoms with Crippen molar-refractivity contribution in [1.82, 2.24) is 39.9 Å². The van der Waals surface area contributed by atoms with Crippen LogP contribution in [0.2, 0.25) is 0 Å². The zero-order valence-electron chi connectivity index (χ0n) is 15.8. The molecule has 0 atom stereocenters. The Bertz CT molecular complexity index is 1140. The van der Waals surface area contributed by atoms with Crippen molar-refractivity contribution in [2.24, 2.45) is 0 Å². The Labute approximate surface area is 165 Å². The number of rotatable bonds is 4. The van der Waals surface area contributed by atoms with Gasteiger partial charge in [-0.15, -0.1) is 5.10 Å². The molecule has 0 aromatic carbocycles. The first-order chi connectivity index (χ1) is 14.2. The highest BCUT2D eigenvalue weighted by molar-refractivity contribution is 5.93. The number of fused-ring (bicyclic) bond motifs is 1. The van der Waals surface area contributed by atoms with Crippen LogP contribution in [-0.2, 0) is 0 Å². The van der Waals surface area contributed by atoms with Crippen LogP contribution in [0.1, 0.15) is 16.1 Å². The lowest BCUT2D eigenvalue weighted by atomic mass is 10.2. The van der Waals surface area contributed by atoms with Gasteiger partial charge in [-0.2, -0.15) is 15.2 Å². The van der Waals surface area contributed by atoms with Crippen LogP contribution in [0.15, 0.2) is 36.8 Å². The number of carbonyl (C=O) groups excluding carboxylic acids is 1. The van der Waals surface area contributed by atoms with E-state index in [4.69, 9.17) is 4.98 Å². The van der Waals surface area contributed by atoms with Crippen LogP contribution in [0.4, 0.5) is 17.6 Å². The number of aryl methyl sites for hydroxylation is 1. The van der Waals surface area contributed by atoms with E-state index in [1.807, 2.05) is 36.2 Å². The third-order valence-electron chi connectivity index (χ3n) is 4.93. The molecule has 4 aromatic heterocycles. The Balaban J connectivity index is 1.36. The predicted molar refractivity (Wildman–Crippen MR) is 106 cm³/mol. The van der Waals surface area contributed by atoms with E-state index in [0.717, 1.165) is 11.2 Å². The van der Waals surface area contributed by atoms with Crippen LogP contribution < -0.4 is 10.2 Å². The number of aromatic amines is 2. The molecule has 5 rings (SSSR count). The van der Waals surface area contributed by atoms with Crippen molar-refractivity contribution in [3.05, 3.63) is 48.0 Å². The molecule has 1 saturated heterocycles. The predicted octanol–water partition coefficient (Wildman–Crippen LogP) is 1.19. The maximum atomic E-state index is 12.5. The van der Waals surface area contributed by atoms with Crippen LogP contribution >= 0.6 is 0 Å². The van der Waals surface area contributed by atoms with Gasteiger partial charge in [-0.05, 0) is 19.1 Å². The number of carbonyl (C=O) groups is 1. The average Bonchev–Trinajstić information content (AvgIpc) is 3.49. The molecule has 0 bridgehead atoms. The van der Waals surface area contributed by atoms with Crippen LogP contribution in [0.5, 0.6) is 0 Å². The van der Waals surface area contributed by atoms with E-state index in [-0.39, 0.29) is 5.91 Å². The first kappa shape index (κ1) is 17.2. The van der Waals surface area contributed by atoms with Crippen molar-refractivity contribution in [2.75, 3.05) is 36.4 Å². The van der Waals surface area contributed by atoms with E-state index in [9.17, 15) is 4.79 Å². The minimum atomic E-state index is -0.0172. The maximum Gasteiger partial charge on any atom is 0.257 e. The van der Waals surface area contributed by atoms with Gasteiger partial charge in [-0.25, -0.2) is 4.52 Å². The van der Waals surface area contributed by atoms with E-state index < -0.39 is 0 Å². The molecule has 29 heavy (non-hydrogen) atoms. The second-order valence-electron chi connectivity index (χ2n) is 6.93. The van der Waals surface area contributed by atoms with Crippen molar-refractivity contribution in [3.63, 3.8) is 0 Å². The largest absolute Gasteiger partial charge is 0.336 e. The Kier molecular flexibility index (Phi) is 4.12. The Morgan fingerprint density at radius 1 is 1.24 bits per heavy atom. The monoisotopic (exact) mass is 392 g/mol. The summed E-state index contributed by atoms with van der Waals surface area (Å²) in [7, 11) is 0. The number of nitrogens with zero attached hydrogens (tertiary/aromatic N) is 7. The van der Waals surface area contributed by atoms with Crippen molar-refractivity contribution in [1.29, 1.82) is 0 Å². The van der Waals surface area contributed by atoms with Gasteiger partial charge in [-0.3, -0.25) is 15.0 Å². The first-order valence-electron chi connectivity index (χ1n) is 9.35. The SMILES string of the molecule is Cc1cc(Nc2nc(N3CCN(C(=O)c4cn[nH]c4)CC3)nn3cccc23)n[nH]1. The Hall–Kier alpha value is -3.89. The Morgan fingerprint density at radius 2 is 2.10 bits per heavy atom. The van der Waals surface area contributed by atoms with Crippen LogP contribution in [-0.4, -0.2) is 72.0 Å². The second-order valence-corrected chi connectivity index (χ2v) is 6.93. The number of hydrogen-bond acceptors (Lipinski definition) is 7. The molecular formula is C18H20N10O. The molecule has 0 unspecified atom stereocenters. The lowest BCUT2D eigenvalue weighted by Crippen LogP contribution is -2.49. The second kappa shape index (κ2) is 6.93. The topological polar surface area (TPSA) is 123 Å². The molecule has 5 heterocycles. The lowest BCUT2D eigenvalue weighted by molar-refractivity contribution is 0.0746. The number of hydrogen-bond donors (Lipinski definition) is 3. The van der Waals surface area contributed by atoms with Gasteiger partial charge in [0.25, 0.3) is 5.91 Å². The summed E-state index contributed by atoms with van der Waals surface area (Å²) in [5.74, 6) is 1.98. The molecule has 0 radical (unpaired) electrons. The standard InChI is InChI=1S/C18H20N10O/c1-12-9-15(24-23-12)21-16-14-3-2-4-28(14)25-18(22-16)27-7-5-26(6-8-27)17(29)13-10-19-20-11-13/h2-4,9-11H,5-8H2,1H3,(H,19,20)(H2,21,22,23,24,25). The number of piperazine rings is 1. The smallest absolute Gasteiger partial charge is 0.257 e. The Morgan fingerprint density at radius 3 is 2.83 bits per heavy atom. The van der Waals surface area contributed by atoms with Crippen molar-refractivity contribution in [3.8, 4) is 0 Å². The normalized spacial score (nSPS) is 14.5. The minimum absolute atomic E-state index is 0.0172. The van der Waals surface area contributed by atoms with Gasteiger partial charge < -0.3 is 15.1 Å². The van der Waals surface area contributed by atoms with E-state index in [1.54, 1.807) is 16.9 Å². The van der Waals surface area contributed by atoms with Crippen LogP contribution in [0.3, 0.4) is 0 Å². The molecule has 11 nitrogen and oxygen atoms in total. The van der Waals surface area contributed by atoms with Gasteiger partial charge in [0.15, 0.2) is 11.6 Å². The van der Waals surface area contributed by atoms with Gasteiger partial charge in [0.05, 0.1) is 11.8 Å². The molecule has 148 valence electrons. The maximum absolute atomic E-state index is 12.5. The van der Waals surface area contributed by atoms with Crippen molar-refractivity contribution < 1.29 is 4.79 Å². The van der Waals surface area contributed by atoms with E-state index in [1.165, 1.54) is 0 Å². The number of aromatic nitrogens is 7. The van der Waals surface area contributed by atoms with Crippen LogP contribution in [0, 0.1) is 6.92 Å². The van der Waals surface area contributed by atoms with Gasteiger partial charge in [0, 0.05) is 50.3 Å². The van der Waals surface area contributed by atoms with Gasteiger partial charge in [0.1, 0.15) is 5.52 Å². The van der Waals surface area contributed by atoms with E-state index >= 15 is 0 Å². The van der Waals surface area contributed by atoms with Crippen LogP contribution in [0.25, 0.3) is 5.52 Å². The molecule has 0 spiro atoms. The van der Waals surface area contributed by atoms with Crippen molar-refractivity contribution >= 4 is 29.0 Å². The fourth-order valence-electron chi connectivity index (χ4n) is 3.41. The fraction of sp³-hybridized carbons (Fsp3) is 0.278. The zero-order chi connectivity index (χ0) is 19.8. The highest BCUT2D eigenvalue weighted by Crippen LogP contribution is 2.22. The summed E-state index contributed by atoms with van der Waals surface area (Å²) >= 11 is 0. The molecule has 1 amide bonds. The summed E-state index contributed by atoms with van der Waals surface area (Å²) in [4.78, 5) is 21.1. The number of anilines is 3. The molecule has 0 aliphatic carbocycles. The fourth-order valence-corrected chi connectivity index (χ4v) is 3.41. The molecule has 3 N–H and O–H groups in total. The highest BCUT2D eigenvalue weighted by atomic mass is 16.2. The van der Waals surface area contributed by atoms with E-state index in [2.05, 4.69) is 35.7 Å². The molecule has 1 aliphatic rings. The molecule has 1 aliphatic heterocycles. The summed E-state index contributed by atoms with van der Waals surface area (Å²) in [5, 5.41) is 21.6. The average molecular weight is 392 g/mol. The number of nitrogens with one attached hydrogen (secondary N) is 3. The lowest BCUT2D eigenvalue weighted by Gasteiger charge is -2.34. The molecule has 0 saturated carbocycles. The minimum Gasteiger partial charge on any atom is -0.336 e. The number of amides is 1. The van der Waals surface area contributed by atoms with E-state index in [0.29, 0.717) is 49.3 Å². The summed E-state index contributed by atoms with van der Waals surface area (Å²) < 4.78 is 1.80. The molecule has 4 aromatic rings. The van der Waals surface area contributed by atoms with Gasteiger partial charge >= 0.3 is 0 Å². The molecule has 1 fully saturated rings. The zero-order valence-corrected chi connectivity index (χ0v) is 15.8. The van der Waals surface area contributed by atoms with Gasteiger partial charge in [0.2, 0.25) is 5.95 Å². The molecular weight excluding hydrogens is 372 g/mol. The summed E-state index contributed by atoms with van der Waals surface area (Å²) in [6.07, 6.45) is 5.05. The highest BCUT2D eigenvalue weighted by Gasteiger charge is 2.25. The van der Waals surface area contributed by atoms with Gasteiger partial charge in [-0.1, -0.05) is 0 Å². The quantitative estimate of drug-likeness (QED) is 0.477. The summed E-state index contributed by atoms with van der Waals surface area (Å²) in [5.41, 5.74) is 2.40. The molecule has 11 heteroatoms. The summed E-state index contributed by atoms with van der Waals surface area (Å²) in [6.45, 7) is 4.44. The third-order valence-corrected chi connectivity index (χ3v) is 4.93. The van der Waals surface area contributed by atoms with Crippen molar-refractivity contribution in [2.45, 2.75) is 6.92 Å². The third kappa shape index (κ3) is 3.26. The first-order valence-corrected chi connectivity index (χ1v) is 9.35. The number of H-pyrrole nitrogens is 2. The summed E-state index contributed by atoms with van der Waals surface area (Å²) in [6, 6.07) is 5.80.